The van der Waals surface area contributed by atoms with Crippen molar-refractivity contribution >= 4 is 29.4 Å². The van der Waals surface area contributed by atoms with Gasteiger partial charge < -0.3 is 15.0 Å². The van der Waals surface area contributed by atoms with E-state index in [2.05, 4.69) is 5.32 Å². The fraction of sp³-hybridized carbons (Fsp3) is 0.526. The summed E-state index contributed by atoms with van der Waals surface area (Å²) >= 11 is 5.89. The molecule has 1 N–H and O–H groups in total. The number of halogens is 1. The zero-order valence-corrected chi connectivity index (χ0v) is 16.1. The van der Waals surface area contributed by atoms with Gasteiger partial charge in [0.2, 0.25) is 5.91 Å². The van der Waals surface area contributed by atoms with Crippen molar-refractivity contribution in [1.82, 2.24) is 10.2 Å². The molecule has 0 bridgehead atoms. The third kappa shape index (κ3) is 6.02. The number of rotatable bonds is 8. The quantitative estimate of drug-likeness (QED) is 0.702. The molecule has 6 nitrogen and oxygen atoms in total. The van der Waals surface area contributed by atoms with Gasteiger partial charge in [0.05, 0.1) is 12.5 Å². The molecule has 1 saturated carbocycles. The van der Waals surface area contributed by atoms with E-state index in [1.165, 1.54) is 11.9 Å². The molecule has 1 aliphatic rings. The van der Waals surface area contributed by atoms with Crippen molar-refractivity contribution in [3.05, 3.63) is 34.9 Å². The summed E-state index contributed by atoms with van der Waals surface area (Å²) in [7, 11) is 1.52. The third-order valence-electron chi connectivity index (χ3n) is 4.24. The van der Waals surface area contributed by atoms with Gasteiger partial charge in [-0.2, -0.15) is 0 Å². The van der Waals surface area contributed by atoms with Crippen molar-refractivity contribution in [3.63, 3.8) is 0 Å². The number of carbonyl (C=O) groups is 3. The molecule has 1 atom stereocenters. The Kier molecular flexibility index (Phi) is 7.03. The molecule has 0 unspecified atom stereocenters. The first-order valence-corrected chi connectivity index (χ1v) is 9.11. The lowest BCUT2D eigenvalue weighted by Gasteiger charge is -2.21. The molecule has 0 aliphatic heterocycles. The molecule has 1 aromatic carbocycles. The highest BCUT2D eigenvalue weighted by Gasteiger charge is 2.27. The highest BCUT2D eigenvalue weighted by atomic mass is 35.5. The first-order chi connectivity index (χ1) is 12.3. The van der Waals surface area contributed by atoms with E-state index in [-0.39, 0.29) is 31.0 Å². The van der Waals surface area contributed by atoms with Crippen molar-refractivity contribution in [1.29, 1.82) is 0 Å². The molecule has 0 radical (unpaired) electrons. The van der Waals surface area contributed by atoms with Crippen LogP contribution in [0.1, 0.15) is 38.2 Å². The molecule has 1 aliphatic carbocycles. The maximum Gasteiger partial charge on any atom is 0.314 e. The molecule has 1 aromatic rings. The number of hydrogen-bond acceptors (Lipinski definition) is 4. The first-order valence-electron chi connectivity index (χ1n) is 8.73. The van der Waals surface area contributed by atoms with Gasteiger partial charge in [0, 0.05) is 18.1 Å². The summed E-state index contributed by atoms with van der Waals surface area (Å²) in [6, 6.07) is 7.25. The third-order valence-corrected chi connectivity index (χ3v) is 4.49. The summed E-state index contributed by atoms with van der Waals surface area (Å²) in [5, 5.41) is 3.40. The molecular formula is C19H25ClN2O4. The van der Waals surface area contributed by atoms with Crippen molar-refractivity contribution in [2.75, 3.05) is 20.2 Å². The Labute approximate surface area is 158 Å². The van der Waals surface area contributed by atoms with Gasteiger partial charge in [0.15, 0.2) is 6.61 Å². The largest absolute Gasteiger partial charge is 0.455 e. The van der Waals surface area contributed by atoms with Crippen molar-refractivity contribution < 1.29 is 19.1 Å². The van der Waals surface area contributed by atoms with Gasteiger partial charge in [-0.1, -0.05) is 37.6 Å². The number of ether oxygens (including phenoxy) is 1. The van der Waals surface area contributed by atoms with Crippen LogP contribution in [0.25, 0.3) is 0 Å². The minimum atomic E-state index is -0.483. The highest BCUT2D eigenvalue weighted by molar-refractivity contribution is 6.30. The lowest BCUT2D eigenvalue weighted by molar-refractivity contribution is -0.154. The van der Waals surface area contributed by atoms with E-state index in [9.17, 15) is 14.4 Å². The molecule has 26 heavy (non-hydrogen) atoms. The Balaban J connectivity index is 1.86. The van der Waals surface area contributed by atoms with Gasteiger partial charge in [-0.05, 0) is 36.5 Å². The van der Waals surface area contributed by atoms with Crippen LogP contribution in [-0.2, 0) is 19.1 Å². The normalized spacial score (nSPS) is 14.7. The van der Waals surface area contributed by atoms with Crippen molar-refractivity contribution in [3.8, 4) is 0 Å². The molecule has 2 amide bonds. The number of hydrogen-bond donors (Lipinski definition) is 1. The number of carbonyl (C=O) groups excluding carboxylic acids is 3. The fourth-order valence-corrected chi connectivity index (χ4v) is 2.73. The summed E-state index contributed by atoms with van der Waals surface area (Å²) in [6.45, 7) is 3.40. The number of benzene rings is 1. The maximum absolute atomic E-state index is 12.5. The van der Waals surface area contributed by atoms with E-state index in [0.29, 0.717) is 5.02 Å². The van der Waals surface area contributed by atoms with Crippen molar-refractivity contribution in [2.45, 2.75) is 38.6 Å². The van der Waals surface area contributed by atoms with Crippen molar-refractivity contribution in [2.24, 2.45) is 5.92 Å². The standard InChI is InChI=1S/C19H25ClN2O4/c1-12(2)18(13-4-6-14(20)7-5-13)19(25)26-11-17(24)22(3)10-16(23)21-15-8-9-15/h4-7,12,15,18H,8-11H2,1-3H3,(H,21,23)/t18-/m1/s1. The maximum atomic E-state index is 12.5. The van der Waals surface area contributed by atoms with Crippen LogP contribution in [0, 0.1) is 5.92 Å². The van der Waals surface area contributed by atoms with Crippen LogP contribution < -0.4 is 5.32 Å². The second-order valence-corrected chi connectivity index (χ2v) is 7.41. The van der Waals surface area contributed by atoms with Crippen LogP contribution >= 0.6 is 11.6 Å². The molecule has 0 saturated heterocycles. The fourth-order valence-electron chi connectivity index (χ4n) is 2.60. The first kappa shape index (κ1) is 20.2. The molecule has 0 spiro atoms. The van der Waals surface area contributed by atoms with E-state index in [4.69, 9.17) is 16.3 Å². The summed E-state index contributed by atoms with van der Waals surface area (Å²) in [5.41, 5.74) is 0.791. The molecule has 1 fully saturated rings. The number of amides is 2. The Morgan fingerprint density at radius 1 is 1.23 bits per heavy atom. The Hall–Kier alpha value is -2.08. The lowest BCUT2D eigenvalue weighted by Crippen LogP contribution is -2.41. The minimum absolute atomic E-state index is 0.000765. The van der Waals surface area contributed by atoms with Gasteiger partial charge in [-0.3, -0.25) is 14.4 Å². The SMILES string of the molecule is CC(C)[C@@H](C(=O)OCC(=O)N(C)CC(=O)NC1CC1)c1ccc(Cl)cc1. The van der Waals surface area contributed by atoms with Crippen LogP contribution in [-0.4, -0.2) is 48.9 Å². The number of esters is 1. The van der Waals surface area contributed by atoms with E-state index in [0.717, 1.165) is 18.4 Å². The summed E-state index contributed by atoms with van der Waals surface area (Å²) in [6.07, 6.45) is 1.98. The number of nitrogens with zero attached hydrogens (tertiary/aromatic N) is 1. The number of nitrogens with one attached hydrogen (secondary N) is 1. The lowest BCUT2D eigenvalue weighted by atomic mass is 9.88. The van der Waals surface area contributed by atoms with Crippen LogP contribution in [0.4, 0.5) is 0 Å². The minimum Gasteiger partial charge on any atom is -0.455 e. The average molecular weight is 381 g/mol. The monoisotopic (exact) mass is 380 g/mol. The van der Waals surface area contributed by atoms with E-state index < -0.39 is 17.8 Å². The highest BCUT2D eigenvalue weighted by Crippen LogP contribution is 2.27. The topological polar surface area (TPSA) is 75.7 Å². The van der Waals surface area contributed by atoms with E-state index >= 15 is 0 Å². The Morgan fingerprint density at radius 3 is 2.38 bits per heavy atom. The predicted octanol–water partition coefficient (Wildman–Crippen LogP) is 2.36. The average Bonchev–Trinajstić information content (AvgIpc) is 3.38. The summed E-state index contributed by atoms with van der Waals surface area (Å²) in [5.74, 6) is -1.56. The van der Waals surface area contributed by atoms with Crippen LogP contribution in [0.3, 0.4) is 0 Å². The van der Waals surface area contributed by atoms with Crippen LogP contribution in [0.2, 0.25) is 5.02 Å². The van der Waals surface area contributed by atoms with Gasteiger partial charge in [0.25, 0.3) is 5.91 Å². The molecule has 142 valence electrons. The van der Waals surface area contributed by atoms with Gasteiger partial charge in [-0.15, -0.1) is 0 Å². The van der Waals surface area contributed by atoms with Gasteiger partial charge >= 0.3 is 5.97 Å². The van der Waals surface area contributed by atoms with E-state index in [1.807, 2.05) is 13.8 Å². The van der Waals surface area contributed by atoms with Gasteiger partial charge in [0.1, 0.15) is 0 Å². The molecule has 7 heteroatoms. The Morgan fingerprint density at radius 2 is 1.85 bits per heavy atom. The zero-order valence-electron chi connectivity index (χ0n) is 15.3. The summed E-state index contributed by atoms with van der Waals surface area (Å²) in [4.78, 5) is 37.6. The second-order valence-electron chi connectivity index (χ2n) is 6.97. The smallest absolute Gasteiger partial charge is 0.314 e. The van der Waals surface area contributed by atoms with Crippen LogP contribution in [0.5, 0.6) is 0 Å². The predicted molar refractivity (Wildman–Crippen MR) is 98.8 cm³/mol. The van der Waals surface area contributed by atoms with E-state index in [1.54, 1.807) is 24.3 Å². The molecule has 0 heterocycles. The van der Waals surface area contributed by atoms with Crippen LogP contribution in [0.15, 0.2) is 24.3 Å². The Bertz CT molecular complexity index is 656. The number of likely N-dealkylation sites (N-methyl/N-ethyl adjacent to an activating group) is 1. The van der Waals surface area contributed by atoms with Gasteiger partial charge in [-0.25, -0.2) is 0 Å². The second kappa shape index (κ2) is 9.03. The molecule has 0 aromatic heterocycles. The zero-order chi connectivity index (χ0) is 19.3. The summed E-state index contributed by atoms with van der Waals surface area (Å²) < 4.78 is 5.21. The molecular weight excluding hydrogens is 356 g/mol. The molecule has 2 rings (SSSR count).